The van der Waals surface area contributed by atoms with E-state index >= 15 is 0 Å². The molecule has 100 valence electrons. The molecule has 0 radical (unpaired) electrons. The highest BCUT2D eigenvalue weighted by Crippen LogP contribution is 2.30. The second kappa shape index (κ2) is 5.44. The van der Waals surface area contributed by atoms with Gasteiger partial charge in [-0.1, -0.05) is 0 Å². The first-order valence-corrected chi connectivity index (χ1v) is 7.20. The van der Waals surface area contributed by atoms with Crippen LogP contribution in [0.25, 0.3) is 0 Å². The molecular weight excluding hydrogens is 260 g/mol. The summed E-state index contributed by atoms with van der Waals surface area (Å²) >= 11 is 1.61. The number of nitrogens with two attached hydrogens (primary N) is 1. The molecule has 0 aliphatic heterocycles. The van der Waals surface area contributed by atoms with E-state index in [4.69, 9.17) is 10.5 Å². The van der Waals surface area contributed by atoms with Gasteiger partial charge in [-0.2, -0.15) is 4.98 Å². The molecule has 2 aromatic rings. The predicted molar refractivity (Wildman–Crippen MR) is 76.3 cm³/mol. The quantitative estimate of drug-likeness (QED) is 0.848. The molecule has 0 spiro atoms. The van der Waals surface area contributed by atoms with E-state index in [0.717, 1.165) is 12.4 Å². The summed E-state index contributed by atoms with van der Waals surface area (Å²) in [6.07, 6.45) is 4.35. The lowest BCUT2D eigenvalue weighted by atomic mass is 10.4. The molecule has 0 bridgehead atoms. The van der Waals surface area contributed by atoms with Gasteiger partial charge < -0.3 is 15.8 Å². The first-order valence-electron chi connectivity index (χ1n) is 6.32. The van der Waals surface area contributed by atoms with Crippen LogP contribution in [0.15, 0.2) is 23.8 Å². The summed E-state index contributed by atoms with van der Waals surface area (Å²) < 4.78 is 5.65. The fourth-order valence-corrected chi connectivity index (χ4v) is 2.19. The minimum absolute atomic E-state index is 0.529. The molecule has 0 saturated heterocycles. The summed E-state index contributed by atoms with van der Waals surface area (Å²) in [6.45, 7) is 1.43. The Balaban J connectivity index is 1.62. The minimum Gasteiger partial charge on any atom is -0.476 e. The van der Waals surface area contributed by atoms with Crippen LogP contribution < -0.4 is 15.8 Å². The van der Waals surface area contributed by atoms with E-state index < -0.39 is 0 Å². The Kier molecular flexibility index (Phi) is 3.50. The number of ether oxygens (including phenoxy) is 1. The van der Waals surface area contributed by atoms with Crippen molar-refractivity contribution in [3.05, 3.63) is 28.7 Å². The number of pyridine rings is 1. The third-order valence-electron chi connectivity index (χ3n) is 2.97. The molecule has 19 heavy (non-hydrogen) atoms. The molecule has 0 unspecified atom stereocenters. The molecule has 6 heteroatoms. The Morgan fingerprint density at radius 3 is 3.05 bits per heavy atom. The molecule has 1 saturated carbocycles. The summed E-state index contributed by atoms with van der Waals surface area (Å²) in [6, 6.07) is 3.69. The van der Waals surface area contributed by atoms with Crippen molar-refractivity contribution in [3.8, 4) is 5.88 Å². The van der Waals surface area contributed by atoms with E-state index in [1.807, 2.05) is 23.8 Å². The molecule has 1 aliphatic rings. The number of hydrogen-bond donors (Lipinski definition) is 2. The van der Waals surface area contributed by atoms with Crippen LogP contribution in [0, 0.1) is 5.92 Å². The van der Waals surface area contributed by atoms with Gasteiger partial charge in [-0.05, 0) is 30.9 Å². The van der Waals surface area contributed by atoms with E-state index in [-0.39, 0.29) is 0 Å². The highest BCUT2D eigenvalue weighted by molar-refractivity contribution is 7.09. The minimum atomic E-state index is 0.529. The van der Waals surface area contributed by atoms with Crippen molar-refractivity contribution in [1.82, 2.24) is 9.97 Å². The Morgan fingerprint density at radius 2 is 2.32 bits per heavy atom. The fraction of sp³-hybridized carbons (Fsp3) is 0.385. The van der Waals surface area contributed by atoms with Crippen LogP contribution in [0.4, 0.5) is 11.5 Å². The number of nitrogen functional groups attached to an aromatic ring is 1. The van der Waals surface area contributed by atoms with E-state index in [1.54, 1.807) is 11.3 Å². The van der Waals surface area contributed by atoms with Crippen molar-refractivity contribution in [3.63, 3.8) is 0 Å². The molecule has 2 heterocycles. The van der Waals surface area contributed by atoms with Gasteiger partial charge in [0.05, 0.1) is 24.3 Å². The average Bonchev–Trinajstić information content (AvgIpc) is 3.10. The average molecular weight is 276 g/mol. The molecule has 5 nitrogen and oxygen atoms in total. The number of nitrogens with zero attached hydrogens (tertiary/aromatic N) is 2. The zero-order valence-corrected chi connectivity index (χ0v) is 11.3. The Morgan fingerprint density at radius 1 is 1.42 bits per heavy atom. The van der Waals surface area contributed by atoms with Gasteiger partial charge in [0.1, 0.15) is 5.82 Å². The van der Waals surface area contributed by atoms with Crippen molar-refractivity contribution >= 4 is 22.8 Å². The van der Waals surface area contributed by atoms with E-state index in [2.05, 4.69) is 15.3 Å². The van der Waals surface area contributed by atoms with E-state index in [1.165, 1.54) is 17.7 Å². The Labute approximate surface area is 115 Å². The molecular formula is C13H16N4OS. The van der Waals surface area contributed by atoms with Crippen LogP contribution >= 0.6 is 11.3 Å². The van der Waals surface area contributed by atoms with Gasteiger partial charge in [0.2, 0.25) is 5.88 Å². The summed E-state index contributed by atoms with van der Waals surface area (Å²) in [5.41, 5.74) is 8.27. The van der Waals surface area contributed by atoms with Gasteiger partial charge in [-0.25, -0.2) is 0 Å². The smallest absolute Gasteiger partial charge is 0.239 e. The predicted octanol–water partition coefficient (Wildman–Crippen LogP) is 2.52. The highest BCUT2D eigenvalue weighted by Gasteiger charge is 2.22. The van der Waals surface area contributed by atoms with Gasteiger partial charge in [-0.3, -0.25) is 4.98 Å². The summed E-state index contributed by atoms with van der Waals surface area (Å²) in [4.78, 5) is 9.60. The molecule has 2 aromatic heterocycles. The molecule has 0 aromatic carbocycles. The van der Waals surface area contributed by atoms with Crippen LogP contribution in [0.1, 0.15) is 17.7 Å². The zero-order valence-electron chi connectivity index (χ0n) is 10.5. The van der Waals surface area contributed by atoms with Crippen LogP contribution in [0.5, 0.6) is 5.88 Å². The van der Waals surface area contributed by atoms with Crippen molar-refractivity contribution in [1.29, 1.82) is 0 Å². The Hall–Kier alpha value is -1.82. The molecule has 1 fully saturated rings. The second-order valence-electron chi connectivity index (χ2n) is 4.67. The van der Waals surface area contributed by atoms with Crippen molar-refractivity contribution in [2.75, 3.05) is 17.7 Å². The van der Waals surface area contributed by atoms with Crippen molar-refractivity contribution in [2.24, 2.45) is 5.92 Å². The summed E-state index contributed by atoms with van der Waals surface area (Å²) in [5.74, 6) is 1.99. The zero-order chi connectivity index (χ0) is 13.1. The number of anilines is 2. The lowest BCUT2D eigenvalue weighted by Crippen LogP contribution is -2.06. The van der Waals surface area contributed by atoms with E-state index in [0.29, 0.717) is 24.0 Å². The fourth-order valence-electron chi connectivity index (χ4n) is 1.65. The maximum Gasteiger partial charge on any atom is 0.239 e. The Bertz CT molecular complexity index is 540. The number of nitrogens with one attached hydrogen (secondary N) is 1. The van der Waals surface area contributed by atoms with Crippen LogP contribution in [-0.4, -0.2) is 16.6 Å². The summed E-state index contributed by atoms with van der Waals surface area (Å²) in [5, 5.41) is 3.24. The van der Waals surface area contributed by atoms with E-state index in [9.17, 15) is 0 Å². The number of aromatic nitrogens is 2. The largest absolute Gasteiger partial charge is 0.476 e. The van der Waals surface area contributed by atoms with Gasteiger partial charge >= 0.3 is 0 Å². The third kappa shape index (κ3) is 3.35. The van der Waals surface area contributed by atoms with Gasteiger partial charge in [0.25, 0.3) is 0 Å². The van der Waals surface area contributed by atoms with Gasteiger partial charge in [0, 0.05) is 11.1 Å². The van der Waals surface area contributed by atoms with Crippen molar-refractivity contribution in [2.45, 2.75) is 19.4 Å². The third-order valence-corrected chi connectivity index (χ3v) is 3.75. The van der Waals surface area contributed by atoms with Crippen LogP contribution in [-0.2, 0) is 6.54 Å². The van der Waals surface area contributed by atoms with Gasteiger partial charge in [-0.15, -0.1) is 11.3 Å². The summed E-state index contributed by atoms with van der Waals surface area (Å²) in [7, 11) is 0. The van der Waals surface area contributed by atoms with Crippen LogP contribution in [0.3, 0.4) is 0 Å². The maximum atomic E-state index is 5.86. The van der Waals surface area contributed by atoms with Crippen LogP contribution in [0.2, 0.25) is 0 Å². The number of rotatable bonds is 6. The maximum absolute atomic E-state index is 5.86. The van der Waals surface area contributed by atoms with Gasteiger partial charge in [0.15, 0.2) is 0 Å². The molecule has 1 aliphatic carbocycles. The molecule has 3 N–H and O–H groups in total. The first kappa shape index (κ1) is 12.2. The number of hydrogen-bond acceptors (Lipinski definition) is 6. The topological polar surface area (TPSA) is 73.1 Å². The highest BCUT2D eigenvalue weighted by atomic mass is 32.1. The standard InChI is InChI=1S/C13H16N4OS/c14-11-3-4-12(16-6-10-5-15-8-19-10)17-13(11)18-7-9-1-2-9/h3-5,8-9H,1-2,6-7,14H2,(H,16,17). The monoisotopic (exact) mass is 276 g/mol. The number of thiazole rings is 1. The molecule has 0 atom stereocenters. The molecule has 0 amide bonds. The molecule has 3 rings (SSSR count). The SMILES string of the molecule is Nc1ccc(NCc2cncs2)nc1OCC1CC1. The van der Waals surface area contributed by atoms with Crippen molar-refractivity contribution < 1.29 is 4.74 Å². The first-order chi connectivity index (χ1) is 9.31. The normalized spacial score (nSPS) is 14.3. The lowest BCUT2D eigenvalue weighted by molar-refractivity contribution is 0.290. The second-order valence-corrected chi connectivity index (χ2v) is 5.64. The lowest BCUT2D eigenvalue weighted by Gasteiger charge is -2.10.